The number of nitrogens with zero attached hydrogens (tertiary/aromatic N) is 1. The van der Waals surface area contributed by atoms with Crippen LogP contribution in [0.4, 0.5) is 0 Å². The van der Waals surface area contributed by atoms with Gasteiger partial charge in [-0.2, -0.15) is 0 Å². The molecule has 4 heteroatoms. The Morgan fingerprint density at radius 1 is 1.26 bits per heavy atom. The summed E-state index contributed by atoms with van der Waals surface area (Å²) in [5, 5.41) is 3.32. The van der Waals surface area contributed by atoms with E-state index in [-0.39, 0.29) is 5.91 Å². The second-order valence-electron chi connectivity index (χ2n) is 7.36. The van der Waals surface area contributed by atoms with Gasteiger partial charge in [0.2, 0.25) is 5.91 Å². The fourth-order valence-electron chi connectivity index (χ4n) is 4.16. The minimum Gasteiger partial charge on any atom is -0.496 e. The zero-order valence-corrected chi connectivity index (χ0v) is 16.7. The van der Waals surface area contributed by atoms with Crippen molar-refractivity contribution in [3.63, 3.8) is 0 Å². The normalized spacial score (nSPS) is 16.1. The highest BCUT2D eigenvalue weighted by Gasteiger charge is 2.25. The number of methoxy groups -OCH3 is 1. The Morgan fingerprint density at radius 2 is 2.15 bits per heavy atom. The summed E-state index contributed by atoms with van der Waals surface area (Å²) in [6, 6.07) is 14.7. The summed E-state index contributed by atoms with van der Waals surface area (Å²) in [5.74, 6) is 1.55. The molecule has 1 heterocycles. The Kier molecular flexibility index (Phi) is 5.17. The van der Waals surface area contributed by atoms with E-state index in [4.69, 9.17) is 4.74 Å². The molecule has 2 aromatic carbocycles. The zero-order valence-electron chi connectivity index (χ0n) is 15.9. The molecule has 0 aliphatic heterocycles. The first-order valence-corrected chi connectivity index (χ1v) is 10.4. The maximum atomic E-state index is 12.8. The number of rotatable bonds is 5. The molecular weight excluding hydrogens is 354 g/mol. The van der Waals surface area contributed by atoms with Crippen LogP contribution in [0.1, 0.15) is 35.4 Å². The van der Waals surface area contributed by atoms with E-state index in [1.807, 2.05) is 18.0 Å². The van der Waals surface area contributed by atoms with Crippen LogP contribution in [0.25, 0.3) is 10.1 Å². The minimum atomic E-state index is 0.180. The van der Waals surface area contributed by atoms with Crippen molar-refractivity contribution < 1.29 is 9.53 Å². The second-order valence-corrected chi connectivity index (χ2v) is 8.31. The Morgan fingerprint density at radius 3 is 3.00 bits per heavy atom. The predicted octanol–water partition coefficient (Wildman–Crippen LogP) is 5.03. The van der Waals surface area contributed by atoms with Gasteiger partial charge in [-0.25, -0.2) is 0 Å². The first-order chi connectivity index (χ1) is 13.2. The van der Waals surface area contributed by atoms with Gasteiger partial charge in [0.15, 0.2) is 0 Å². The van der Waals surface area contributed by atoms with E-state index in [1.165, 1.54) is 21.2 Å². The fourth-order valence-corrected chi connectivity index (χ4v) is 4.93. The fraction of sp³-hybridized carbons (Fsp3) is 0.348. The van der Waals surface area contributed by atoms with Crippen molar-refractivity contribution in [1.82, 2.24) is 4.90 Å². The Labute approximate surface area is 164 Å². The number of thiophene rings is 1. The highest BCUT2D eigenvalue weighted by molar-refractivity contribution is 7.17. The average Bonchev–Trinajstić information content (AvgIpc) is 3.15. The van der Waals surface area contributed by atoms with Crippen molar-refractivity contribution in [2.75, 3.05) is 20.7 Å². The molecule has 1 aliphatic carbocycles. The molecule has 3 nitrogen and oxygen atoms in total. The van der Waals surface area contributed by atoms with Gasteiger partial charge in [0, 0.05) is 24.2 Å². The van der Waals surface area contributed by atoms with Crippen LogP contribution in [0.5, 0.6) is 5.75 Å². The molecule has 1 amide bonds. The van der Waals surface area contributed by atoms with Gasteiger partial charge in [-0.1, -0.05) is 18.2 Å². The van der Waals surface area contributed by atoms with E-state index in [1.54, 1.807) is 18.4 Å². The van der Waals surface area contributed by atoms with Gasteiger partial charge >= 0.3 is 0 Å². The lowest BCUT2D eigenvalue weighted by molar-refractivity contribution is -0.129. The lowest BCUT2D eigenvalue weighted by Gasteiger charge is -2.30. The monoisotopic (exact) mass is 379 g/mol. The maximum Gasteiger partial charge on any atom is 0.226 e. The largest absolute Gasteiger partial charge is 0.496 e. The van der Waals surface area contributed by atoms with Gasteiger partial charge < -0.3 is 9.64 Å². The average molecular weight is 380 g/mol. The predicted molar refractivity (Wildman–Crippen MR) is 112 cm³/mol. The number of fused-ring (bicyclic) bond motifs is 2. The second kappa shape index (κ2) is 7.73. The van der Waals surface area contributed by atoms with E-state index in [2.05, 4.69) is 41.8 Å². The Bertz CT molecular complexity index is 962. The molecular formula is C23H25NO2S. The highest BCUT2D eigenvalue weighted by atomic mass is 32.1. The molecule has 1 aliphatic rings. The molecule has 0 spiro atoms. The number of hydrogen-bond acceptors (Lipinski definition) is 3. The van der Waals surface area contributed by atoms with Crippen LogP contribution in [0.3, 0.4) is 0 Å². The van der Waals surface area contributed by atoms with Gasteiger partial charge in [-0.15, -0.1) is 11.3 Å². The molecule has 0 N–H and O–H groups in total. The summed E-state index contributed by atoms with van der Waals surface area (Å²) in [6.07, 6.45) is 3.79. The van der Waals surface area contributed by atoms with Crippen molar-refractivity contribution in [3.8, 4) is 5.75 Å². The number of benzene rings is 2. The number of amides is 1. The van der Waals surface area contributed by atoms with E-state index < -0.39 is 0 Å². The van der Waals surface area contributed by atoms with Crippen LogP contribution in [-0.2, 0) is 17.6 Å². The third-order valence-corrected chi connectivity index (χ3v) is 6.50. The molecule has 27 heavy (non-hydrogen) atoms. The summed E-state index contributed by atoms with van der Waals surface area (Å²) in [7, 11) is 3.67. The molecule has 3 aromatic rings. The molecule has 1 aromatic heterocycles. The van der Waals surface area contributed by atoms with E-state index in [0.29, 0.717) is 12.3 Å². The molecule has 0 saturated carbocycles. The number of carbonyl (C=O) groups excluding carboxylic acids is 1. The van der Waals surface area contributed by atoms with Gasteiger partial charge in [0.25, 0.3) is 0 Å². The summed E-state index contributed by atoms with van der Waals surface area (Å²) in [6.45, 7) is 0.764. The first kappa shape index (κ1) is 18.1. The number of ether oxygens (including phenoxy) is 1. The summed E-state index contributed by atoms with van der Waals surface area (Å²) in [4.78, 5) is 14.7. The third kappa shape index (κ3) is 3.72. The van der Waals surface area contributed by atoms with Gasteiger partial charge in [0.1, 0.15) is 5.75 Å². The van der Waals surface area contributed by atoms with Crippen molar-refractivity contribution in [2.24, 2.45) is 0 Å². The summed E-state index contributed by atoms with van der Waals surface area (Å²) >= 11 is 1.74. The van der Waals surface area contributed by atoms with Crippen LogP contribution in [0.2, 0.25) is 0 Å². The first-order valence-electron chi connectivity index (χ1n) is 9.51. The van der Waals surface area contributed by atoms with E-state index >= 15 is 0 Å². The summed E-state index contributed by atoms with van der Waals surface area (Å²) < 4.78 is 6.81. The third-order valence-electron chi connectivity index (χ3n) is 5.60. The smallest absolute Gasteiger partial charge is 0.226 e. The molecule has 0 radical (unpaired) electrons. The number of likely N-dealkylation sites (N-methyl/N-ethyl adjacent to an activating group) is 1. The van der Waals surface area contributed by atoms with Crippen LogP contribution in [-0.4, -0.2) is 31.5 Å². The molecule has 0 fully saturated rings. The van der Waals surface area contributed by atoms with Gasteiger partial charge in [-0.3, -0.25) is 4.79 Å². The van der Waals surface area contributed by atoms with Crippen molar-refractivity contribution >= 4 is 27.3 Å². The lowest BCUT2D eigenvalue weighted by atomic mass is 9.82. The van der Waals surface area contributed by atoms with Crippen LogP contribution >= 0.6 is 11.3 Å². The molecule has 0 bridgehead atoms. The van der Waals surface area contributed by atoms with Crippen molar-refractivity contribution in [1.29, 1.82) is 0 Å². The maximum absolute atomic E-state index is 12.8. The molecule has 0 saturated heterocycles. The summed E-state index contributed by atoms with van der Waals surface area (Å²) in [5.41, 5.74) is 3.75. The Hall–Kier alpha value is -2.33. The lowest BCUT2D eigenvalue weighted by Crippen LogP contribution is -2.33. The van der Waals surface area contributed by atoms with Gasteiger partial charge in [-0.05, 0) is 71.0 Å². The molecule has 1 atom stereocenters. The van der Waals surface area contributed by atoms with Crippen LogP contribution < -0.4 is 4.74 Å². The van der Waals surface area contributed by atoms with Crippen molar-refractivity contribution in [2.45, 2.75) is 31.6 Å². The van der Waals surface area contributed by atoms with Crippen molar-refractivity contribution in [3.05, 3.63) is 64.5 Å². The highest BCUT2D eigenvalue weighted by Crippen LogP contribution is 2.37. The molecule has 140 valence electrons. The standard InChI is InChI=1S/C23H25NO2S/c1-24(23(25)14-16-9-10-22-17(13-16)11-12-27-22)15-18-5-3-7-20-19(18)6-4-8-21(20)26-2/h4,6,8-13,18H,3,5,7,14-15H2,1-2H3/t18-/m0/s1. The van der Waals surface area contributed by atoms with Crippen LogP contribution in [0, 0.1) is 0 Å². The Balaban J connectivity index is 1.46. The van der Waals surface area contributed by atoms with Gasteiger partial charge in [0.05, 0.1) is 13.5 Å². The minimum absolute atomic E-state index is 0.180. The van der Waals surface area contributed by atoms with E-state index in [0.717, 1.165) is 37.1 Å². The topological polar surface area (TPSA) is 29.5 Å². The SMILES string of the molecule is COc1cccc2c1CCC[C@H]2CN(C)C(=O)Cc1ccc2sccc2c1. The number of hydrogen-bond donors (Lipinski definition) is 0. The zero-order chi connectivity index (χ0) is 18.8. The molecule has 4 rings (SSSR count). The quantitative estimate of drug-likeness (QED) is 0.622. The molecule has 0 unspecified atom stereocenters. The number of carbonyl (C=O) groups is 1. The van der Waals surface area contributed by atoms with E-state index in [9.17, 15) is 4.79 Å². The van der Waals surface area contributed by atoms with Crippen LogP contribution in [0.15, 0.2) is 47.8 Å².